The first-order chi connectivity index (χ1) is 7.81. The topological polar surface area (TPSA) is 76.7 Å². The van der Waals surface area contributed by atoms with Crippen LogP contribution in [-0.4, -0.2) is 14.3 Å². The molecule has 2 aromatic rings. The van der Waals surface area contributed by atoms with E-state index in [0.717, 1.165) is 21.6 Å². The summed E-state index contributed by atoms with van der Waals surface area (Å²) < 4.78 is 5.12. The average Bonchev–Trinajstić information content (AvgIpc) is 2.77. The molecule has 0 amide bonds. The molecule has 2 heterocycles. The van der Waals surface area contributed by atoms with Crippen molar-refractivity contribution in [2.75, 3.05) is 5.43 Å². The minimum absolute atomic E-state index is 0.644. The fraction of sp³-hybridized carbons (Fsp3) is 0.222. The summed E-state index contributed by atoms with van der Waals surface area (Å²) in [7, 11) is 0. The van der Waals surface area contributed by atoms with Gasteiger partial charge in [-0.25, -0.2) is 15.8 Å². The van der Waals surface area contributed by atoms with Gasteiger partial charge in [-0.05, 0) is 35.4 Å². The van der Waals surface area contributed by atoms with Gasteiger partial charge < -0.3 is 5.43 Å². The van der Waals surface area contributed by atoms with Crippen molar-refractivity contribution in [2.24, 2.45) is 5.84 Å². The second-order valence-corrected chi connectivity index (χ2v) is 4.96. The van der Waals surface area contributed by atoms with Crippen LogP contribution in [0.15, 0.2) is 27.6 Å². The molecule has 0 bridgehead atoms. The Labute approximate surface area is 102 Å². The number of aryl methyl sites for hydroxylation is 1. The molecular formula is C9H11N5S2. The van der Waals surface area contributed by atoms with Crippen LogP contribution in [0.4, 0.5) is 5.82 Å². The van der Waals surface area contributed by atoms with Gasteiger partial charge in [-0.15, -0.1) is 0 Å². The van der Waals surface area contributed by atoms with Crippen LogP contribution in [0.5, 0.6) is 0 Å². The Kier molecular flexibility index (Phi) is 3.70. The predicted molar refractivity (Wildman–Crippen MR) is 65.5 cm³/mol. The normalized spacial score (nSPS) is 10.4. The number of nitrogens with one attached hydrogen (secondary N) is 1. The Bertz CT molecular complexity index is 470. The van der Waals surface area contributed by atoms with E-state index >= 15 is 0 Å². The van der Waals surface area contributed by atoms with Gasteiger partial charge in [-0.1, -0.05) is 13.0 Å². The lowest BCUT2D eigenvalue weighted by atomic mass is 10.5. The van der Waals surface area contributed by atoms with Gasteiger partial charge in [-0.3, -0.25) is 0 Å². The van der Waals surface area contributed by atoms with Crippen molar-refractivity contribution >= 4 is 29.1 Å². The van der Waals surface area contributed by atoms with Crippen molar-refractivity contribution in [2.45, 2.75) is 22.7 Å². The van der Waals surface area contributed by atoms with E-state index in [4.69, 9.17) is 5.84 Å². The number of nitrogens with zero attached hydrogens (tertiary/aromatic N) is 3. The second-order valence-electron chi connectivity index (χ2n) is 2.94. The highest BCUT2D eigenvalue weighted by Gasteiger charge is 2.05. The SMILES string of the molecule is CCc1nsc(Sc2cccc(NN)n2)n1. The zero-order chi connectivity index (χ0) is 11.4. The summed E-state index contributed by atoms with van der Waals surface area (Å²) in [5, 5.41) is 0.856. The van der Waals surface area contributed by atoms with Crippen LogP contribution in [0.3, 0.4) is 0 Å². The highest BCUT2D eigenvalue weighted by Crippen LogP contribution is 2.28. The van der Waals surface area contributed by atoms with E-state index in [2.05, 4.69) is 19.8 Å². The van der Waals surface area contributed by atoms with Gasteiger partial charge >= 0.3 is 0 Å². The fourth-order valence-electron chi connectivity index (χ4n) is 1.06. The van der Waals surface area contributed by atoms with Gasteiger partial charge in [0.05, 0.1) is 0 Å². The molecule has 0 unspecified atom stereocenters. The van der Waals surface area contributed by atoms with Crippen LogP contribution in [-0.2, 0) is 6.42 Å². The minimum Gasteiger partial charge on any atom is -0.308 e. The Morgan fingerprint density at radius 1 is 1.44 bits per heavy atom. The molecule has 0 fully saturated rings. The monoisotopic (exact) mass is 253 g/mol. The maximum absolute atomic E-state index is 5.29. The quantitative estimate of drug-likeness (QED) is 0.640. The van der Waals surface area contributed by atoms with E-state index in [9.17, 15) is 0 Å². The Morgan fingerprint density at radius 3 is 3.00 bits per heavy atom. The Hall–Kier alpha value is -1.18. The van der Waals surface area contributed by atoms with E-state index in [1.165, 1.54) is 23.3 Å². The summed E-state index contributed by atoms with van der Waals surface area (Å²) in [5.41, 5.74) is 2.51. The zero-order valence-corrected chi connectivity index (χ0v) is 10.3. The van der Waals surface area contributed by atoms with Crippen LogP contribution < -0.4 is 11.3 Å². The van der Waals surface area contributed by atoms with Crippen LogP contribution in [0.25, 0.3) is 0 Å². The third-order valence-electron chi connectivity index (χ3n) is 1.83. The molecule has 2 rings (SSSR count). The minimum atomic E-state index is 0.644. The summed E-state index contributed by atoms with van der Waals surface area (Å²) in [6.45, 7) is 2.04. The van der Waals surface area contributed by atoms with E-state index < -0.39 is 0 Å². The van der Waals surface area contributed by atoms with Gasteiger partial charge in [0.1, 0.15) is 16.7 Å². The number of pyridine rings is 1. The van der Waals surface area contributed by atoms with Gasteiger partial charge in [0.25, 0.3) is 0 Å². The van der Waals surface area contributed by atoms with Crippen LogP contribution in [0, 0.1) is 0 Å². The van der Waals surface area contributed by atoms with Crippen LogP contribution >= 0.6 is 23.3 Å². The molecule has 0 atom stereocenters. The maximum atomic E-state index is 5.29. The number of hydrogen-bond donors (Lipinski definition) is 2. The van der Waals surface area contributed by atoms with Crippen molar-refractivity contribution in [1.29, 1.82) is 0 Å². The lowest BCUT2D eigenvalue weighted by Gasteiger charge is -2.00. The first-order valence-corrected chi connectivity index (χ1v) is 6.35. The van der Waals surface area contributed by atoms with E-state index in [0.29, 0.717) is 5.82 Å². The number of rotatable bonds is 4. The molecular weight excluding hydrogens is 242 g/mol. The lowest BCUT2D eigenvalue weighted by molar-refractivity contribution is 0.970. The first-order valence-electron chi connectivity index (χ1n) is 4.76. The fourth-order valence-corrected chi connectivity index (χ4v) is 2.70. The molecule has 0 aliphatic rings. The van der Waals surface area contributed by atoms with Crippen molar-refractivity contribution in [3.63, 3.8) is 0 Å². The van der Waals surface area contributed by atoms with E-state index in [1.807, 2.05) is 25.1 Å². The molecule has 5 nitrogen and oxygen atoms in total. The molecule has 0 spiro atoms. The molecule has 3 N–H and O–H groups in total. The van der Waals surface area contributed by atoms with Crippen molar-refractivity contribution in [1.82, 2.24) is 14.3 Å². The summed E-state index contributed by atoms with van der Waals surface area (Å²) >= 11 is 2.88. The number of hydrogen-bond acceptors (Lipinski definition) is 7. The molecule has 7 heteroatoms. The Balaban J connectivity index is 2.13. The third kappa shape index (κ3) is 2.69. The van der Waals surface area contributed by atoms with Crippen molar-refractivity contribution in [3.8, 4) is 0 Å². The van der Waals surface area contributed by atoms with Crippen LogP contribution in [0.2, 0.25) is 0 Å². The molecule has 0 saturated heterocycles. The summed E-state index contributed by atoms with van der Waals surface area (Å²) in [4.78, 5) is 8.65. The largest absolute Gasteiger partial charge is 0.308 e. The number of nitrogen functional groups attached to an aromatic ring is 1. The highest BCUT2D eigenvalue weighted by atomic mass is 32.2. The molecule has 0 aliphatic carbocycles. The van der Waals surface area contributed by atoms with Crippen molar-refractivity contribution < 1.29 is 0 Å². The first kappa shape index (κ1) is 11.3. The summed E-state index contributed by atoms with van der Waals surface area (Å²) in [6.07, 6.45) is 0.856. The standard InChI is InChI=1S/C9H11N5S2/c1-2-6-12-9(16-14-6)15-8-5-3-4-7(11-8)13-10/h3-5H,2,10H2,1H3,(H,11,13). The molecule has 0 aromatic carbocycles. The molecule has 84 valence electrons. The number of hydrazine groups is 1. The summed E-state index contributed by atoms with van der Waals surface area (Å²) in [5.74, 6) is 6.81. The molecule has 2 aromatic heterocycles. The highest BCUT2D eigenvalue weighted by molar-refractivity contribution is 8.00. The maximum Gasteiger partial charge on any atom is 0.176 e. The van der Waals surface area contributed by atoms with Crippen LogP contribution in [0.1, 0.15) is 12.7 Å². The molecule has 0 aliphatic heterocycles. The van der Waals surface area contributed by atoms with Gasteiger partial charge in [-0.2, -0.15) is 4.37 Å². The molecule has 0 saturated carbocycles. The molecule has 0 radical (unpaired) electrons. The van der Waals surface area contributed by atoms with Crippen molar-refractivity contribution in [3.05, 3.63) is 24.0 Å². The lowest BCUT2D eigenvalue weighted by Crippen LogP contribution is -2.08. The number of nitrogens with two attached hydrogens (primary N) is 1. The predicted octanol–water partition coefficient (Wildman–Crippen LogP) is 1.93. The summed E-state index contributed by atoms with van der Waals surface area (Å²) in [6, 6.07) is 5.62. The van der Waals surface area contributed by atoms with Gasteiger partial charge in [0.2, 0.25) is 0 Å². The number of aromatic nitrogens is 3. The van der Waals surface area contributed by atoms with E-state index in [1.54, 1.807) is 0 Å². The number of anilines is 1. The second kappa shape index (κ2) is 5.24. The van der Waals surface area contributed by atoms with Gasteiger partial charge in [0.15, 0.2) is 4.34 Å². The smallest absolute Gasteiger partial charge is 0.176 e. The average molecular weight is 253 g/mol. The molecule has 16 heavy (non-hydrogen) atoms. The third-order valence-corrected chi connectivity index (χ3v) is 3.55. The zero-order valence-electron chi connectivity index (χ0n) is 8.67. The van der Waals surface area contributed by atoms with Gasteiger partial charge in [0, 0.05) is 6.42 Å². The van der Waals surface area contributed by atoms with E-state index in [-0.39, 0.29) is 0 Å². The Morgan fingerprint density at radius 2 is 2.31 bits per heavy atom.